The maximum absolute atomic E-state index is 12.4. The average molecular weight is 394 g/mol. The summed E-state index contributed by atoms with van der Waals surface area (Å²) in [4.78, 5) is 21.8. The molecule has 0 aromatic carbocycles. The van der Waals surface area contributed by atoms with Gasteiger partial charge in [0.2, 0.25) is 0 Å². The van der Waals surface area contributed by atoms with Crippen molar-refractivity contribution in [3.63, 3.8) is 0 Å². The molecule has 0 aromatic rings. The quantitative estimate of drug-likeness (QED) is 0.102. The zero-order valence-electron chi connectivity index (χ0n) is 14.2. The second kappa shape index (κ2) is 14.4. The minimum Gasteiger partial charge on any atom is -0.460 e. The molecule has 0 radical (unpaired) electrons. The van der Waals surface area contributed by atoms with Crippen molar-refractivity contribution in [3.8, 4) is 0 Å². The molecule has 0 amide bonds. The third-order valence-electron chi connectivity index (χ3n) is 2.31. The summed E-state index contributed by atoms with van der Waals surface area (Å²) in [5, 5.41) is 9.14. The fourth-order valence-corrected chi connectivity index (χ4v) is 2.32. The van der Waals surface area contributed by atoms with Gasteiger partial charge in [-0.15, -0.1) is 0 Å². The standard InChI is InChI=1S/C15H23O10P/c1-4-13(16)20-7-10-23-26(19,24-11-8-21-14(17)5-2)25-12-9-22-15(18)6-3/h4-6,13,16H,1-3,7-12H2. The van der Waals surface area contributed by atoms with E-state index in [0.717, 1.165) is 18.2 Å². The van der Waals surface area contributed by atoms with Gasteiger partial charge in [-0.05, 0) is 6.08 Å². The van der Waals surface area contributed by atoms with E-state index in [1.165, 1.54) is 0 Å². The van der Waals surface area contributed by atoms with Crippen LogP contribution in [0, 0.1) is 0 Å². The molecule has 0 aliphatic carbocycles. The normalized spacial score (nSPS) is 12.0. The third kappa shape index (κ3) is 12.5. The first-order chi connectivity index (χ1) is 12.4. The van der Waals surface area contributed by atoms with Crippen LogP contribution in [0.4, 0.5) is 0 Å². The molecule has 1 unspecified atom stereocenters. The molecule has 0 rings (SSSR count). The van der Waals surface area contributed by atoms with Crippen LogP contribution in [0.5, 0.6) is 0 Å². The van der Waals surface area contributed by atoms with Crippen molar-refractivity contribution in [1.29, 1.82) is 0 Å². The topological polar surface area (TPSA) is 127 Å². The molecule has 0 spiro atoms. The Labute approximate surface area is 151 Å². The largest absolute Gasteiger partial charge is 0.475 e. The summed E-state index contributed by atoms with van der Waals surface area (Å²) in [5.74, 6) is -1.35. The van der Waals surface area contributed by atoms with Crippen LogP contribution >= 0.6 is 7.82 Å². The van der Waals surface area contributed by atoms with E-state index in [0.29, 0.717) is 0 Å². The van der Waals surface area contributed by atoms with Crippen LogP contribution in [0.2, 0.25) is 0 Å². The SMILES string of the molecule is C=CC(=O)OCCOP(=O)(OCCOC(=O)C=C)OCCOC(O)C=C. The van der Waals surface area contributed by atoms with Gasteiger partial charge in [0.25, 0.3) is 0 Å². The predicted molar refractivity (Wildman–Crippen MR) is 89.9 cm³/mol. The van der Waals surface area contributed by atoms with Crippen molar-refractivity contribution < 1.29 is 47.0 Å². The van der Waals surface area contributed by atoms with Crippen molar-refractivity contribution >= 4 is 19.8 Å². The number of hydrogen-bond donors (Lipinski definition) is 1. The number of esters is 2. The number of rotatable bonds is 16. The monoisotopic (exact) mass is 394 g/mol. The Bertz CT molecular complexity index is 487. The van der Waals surface area contributed by atoms with Gasteiger partial charge in [-0.2, -0.15) is 0 Å². The molecule has 10 nitrogen and oxygen atoms in total. The lowest BCUT2D eigenvalue weighted by molar-refractivity contribution is -0.139. The highest BCUT2D eigenvalue weighted by Crippen LogP contribution is 2.49. The van der Waals surface area contributed by atoms with E-state index >= 15 is 0 Å². The van der Waals surface area contributed by atoms with Gasteiger partial charge in [0.05, 0.1) is 26.4 Å². The summed E-state index contributed by atoms with van der Waals surface area (Å²) in [7, 11) is -4.05. The van der Waals surface area contributed by atoms with Gasteiger partial charge in [-0.3, -0.25) is 13.6 Å². The average Bonchev–Trinajstić information content (AvgIpc) is 2.65. The molecule has 1 atom stereocenters. The summed E-state index contributed by atoms with van der Waals surface area (Å²) in [6.07, 6.45) is 1.87. The van der Waals surface area contributed by atoms with Gasteiger partial charge < -0.3 is 19.3 Å². The molecule has 0 aliphatic rings. The number of phosphoric ester groups is 1. The van der Waals surface area contributed by atoms with E-state index in [9.17, 15) is 14.2 Å². The van der Waals surface area contributed by atoms with E-state index in [1.807, 2.05) is 0 Å². The van der Waals surface area contributed by atoms with Crippen molar-refractivity contribution in [3.05, 3.63) is 38.0 Å². The van der Waals surface area contributed by atoms with Gasteiger partial charge in [0.1, 0.15) is 13.2 Å². The fraction of sp³-hybridized carbons (Fsp3) is 0.467. The number of aliphatic hydroxyl groups is 1. The molecule has 148 valence electrons. The molecule has 0 heterocycles. The lowest BCUT2D eigenvalue weighted by atomic mass is 10.6. The smallest absolute Gasteiger partial charge is 0.460 e. The van der Waals surface area contributed by atoms with Gasteiger partial charge in [-0.25, -0.2) is 14.2 Å². The van der Waals surface area contributed by atoms with E-state index < -0.39 is 26.1 Å². The van der Waals surface area contributed by atoms with Crippen LogP contribution in [0.15, 0.2) is 38.0 Å². The minimum atomic E-state index is -4.05. The van der Waals surface area contributed by atoms with Crippen LogP contribution in [-0.2, 0) is 41.9 Å². The van der Waals surface area contributed by atoms with Gasteiger partial charge in [0.15, 0.2) is 6.29 Å². The maximum Gasteiger partial charge on any atom is 0.475 e. The molecule has 26 heavy (non-hydrogen) atoms. The number of carbonyl (C=O) groups excluding carboxylic acids is 2. The van der Waals surface area contributed by atoms with Crippen LogP contribution in [0.3, 0.4) is 0 Å². The first-order valence-electron chi connectivity index (χ1n) is 7.41. The Morgan fingerprint density at radius 2 is 1.27 bits per heavy atom. The highest BCUT2D eigenvalue weighted by atomic mass is 31.2. The number of carbonyl (C=O) groups is 2. The Morgan fingerprint density at radius 1 is 0.846 bits per heavy atom. The van der Waals surface area contributed by atoms with Gasteiger partial charge in [-0.1, -0.05) is 19.7 Å². The maximum atomic E-state index is 12.4. The van der Waals surface area contributed by atoms with E-state index in [1.54, 1.807) is 0 Å². The van der Waals surface area contributed by atoms with Crippen molar-refractivity contribution in [2.24, 2.45) is 0 Å². The fourth-order valence-electron chi connectivity index (χ4n) is 1.20. The van der Waals surface area contributed by atoms with Crippen LogP contribution in [0.25, 0.3) is 0 Å². The Hall–Kier alpha value is -1.81. The van der Waals surface area contributed by atoms with E-state index in [2.05, 4.69) is 29.2 Å². The van der Waals surface area contributed by atoms with Crippen molar-refractivity contribution in [1.82, 2.24) is 0 Å². The molecule has 1 N–H and O–H groups in total. The number of hydrogen-bond acceptors (Lipinski definition) is 10. The zero-order chi connectivity index (χ0) is 19.8. The lowest BCUT2D eigenvalue weighted by Gasteiger charge is -2.18. The first kappa shape index (κ1) is 24.2. The van der Waals surface area contributed by atoms with Gasteiger partial charge >= 0.3 is 19.8 Å². The highest BCUT2D eigenvalue weighted by molar-refractivity contribution is 7.48. The second-order valence-electron chi connectivity index (χ2n) is 4.19. The van der Waals surface area contributed by atoms with Crippen LogP contribution in [-0.4, -0.2) is 63.0 Å². The van der Waals surface area contributed by atoms with Crippen molar-refractivity contribution in [2.75, 3.05) is 39.6 Å². The lowest BCUT2D eigenvalue weighted by Crippen LogP contribution is -2.15. The van der Waals surface area contributed by atoms with Gasteiger partial charge in [0, 0.05) is 12.2 Å². The van der Waals surface area contributed by atoms with Crippen LogP contribution in [0.1, 0.15) is 0 Å². The molecule has 11 heteroatoms. The zero-order valence-corrected chi connectivity index (χ0v) is 15.1. The minimum absolute atomic E-state index is 0.124. The summed E-state index contributed by atoms with van der Waals surface area (Å²) in [6.45, 7) is 8.42. The molecular weight excluding hydrogens is 371 g/mol. The summed E-state index contributed by atoms with van der Waals surface area (Å²) in [5.41, 5.74) is 0. The second-order valence-corrected chi connectivity index (χ2v) is 5.86. The summed E-state index contributed by atoms with van der Waals surface area (Å²) in [6, 6.07) is 0. The molecule has 0 saturated carbocycles. The number of ether oxygens (including phenoxy) is 3. The Kier molecular flexibility index (Phi) is 13.4. The predicted octanol–water partition coefficient (Wildman–Crippen LogP) is 1.12. The van der Waals surface area contributed by atoms with Crippen molar-refractivity contribution in [2.45, 2.75) is 6.29 Å². The molecule has 0 aliphatic heterocycles. The van der Waals surface area contributed by atoms with Crippen LogP contribution < -0.4 is 0 Å². The van der Waals surface area contributed by atoms with E-state index in [4.69, 9.17) is 23.4 Å². The summed E-state index contributed by atoms with van der Waals surface area (Å²) >= 11 is 0. The first-order valence-corrected chi connectivity index (χ1v) is 8.87. The molecule has 0 bridgehead atoms. The highest BCUT2D eigenvalue weighted by Gasteiger charge is 2.27. The Balaban J connectivity index is 4.39. The number of phosphoric acid groups is 1. The third-order valence-corrected chi connectivity index (χ3v) is 3.81. The molecule has 0 fully saturated rings. The number of aliphatic hydroxyl groups excluding tert-OH is 1. The Morgan fingerprint density at radius 3 is 1.65 bits per heavy atom. The molecule has 0 saturated heterocycles. The molecule has 0 aromatic heterocycles. The summed E-state index contributed by atoms with van der Waals surface area (Å²) < 4.78 is 41.6. The molecular formula is C15H23O10P. The van der Waals surface area contributed by atoms with E-state index in [-0.39, 0.29) is 39.6 Å².